The van der Waals surface area contributed by atoms with Gasteiger partial charge < -0.3 is 14.2 Å². The summed E-state index contributed by atoms with van der Waals surface area (Å²) in [4.78, 5) is 19.1. The first kappa shape index (κ1) is 22.8. The highest BCUT2D eigenvalue weighted by Gasteiger charge is 2.17. The van der Waals surface area contributed by atoms with Gasteiger partial charge in [-0.2, -0.15) is 0 Å². The lowest BCUT2D eigenvalue weighted by Crippen LogP contribution is -2.28. The monoisotopic (exact) mass is 473 g/mol. The molecule has 0 radical (unpaired) electrons. The van der Waals surface area contributed by atoms with Crippen molar-refractivity contribution in [3.8, 4) is 16.9 Å². The summed E-state index contributed by atoms with van der Waals surface area (Å²) in [6.45, 7) is 5.84. The Bertz CT molecular complexity index is 1330. The van der Waals surface area contributed by atoms with Gasteiger partial charge in [-0.3, -0.25) is 9.69 Å². The second-order valence-corrected chi connectivity index (χ2v) is 10.3. The van der Waals surface area contributed by atoms with Crippen LogP contribution in [0.25, 0.3) is 21.2 Å². The van der Waals surface area contributed by atoms with Crippen molar-refractivity contribution in [1.29, 1.82) is 0 Å². The molecule has 2 aromatic carbocycles. The highest BCUT2D eigenvalue weighted by molar-refractivity contribution is 7.19. The molecule has 0 aliphatic carbocycles. The summed E-state index contributed by atoms with van der Waals surface area (Å²) in [6.07, 6.45) is 3.15. The van der Waals surface area contributed by atoms with Gasteiger partial charge in [-0.1, -0.05) is 42.5 Å². The number of benzene rings is 2. The molecular weight excluding hydrogens is 442 g/mol. The first-order chi connectivity index (χ1) is 16.6. The largest absolute Gasteiger partial charge is 0.489 e. The molecule has 5 rings (SSSR count). The van der Waals surface area contributed by atoms with Crippen LogP contribution in [0.5, 0.6) is 5.75 Å². The summed E-state index contributed by atoms with van der Waals surface area (Å²) >= 11 is 1.75. The van der Waals surface area contributed by atoms with Crippen molar-refractivity contribution in [3.05, 3.63) is 87.7 Å². The Morgan fingerprint density at radius 3 is 2.65 bits per heavy atom. The van der Waals surface area contributed by atoms with Crippen molar-refractivity contribution in [2.75, 3.05) is 33.2 Å². The molecule has 2 aromatic heterocycles. The molecule has 1 fully saturated rings. The van der Waals surface area contributed by atoms with E-state index < -0.39 is 0 Å². The van der Waals surface area contributed by atoms with Gasteiger partial charge in [-0.05, 0) is 55.9 Å². The van der Waals surface area contributed by atoms with E-state index in [1.165, 1.54) is 11.3 Å². The lowest BCUT2D eigenvalue weighted by molar-refractivity contribution is 0.271. The van der Waals surface area contributed by atoms with E-state index in [9.17, 15) is 4.79 Å². The van der Waals surface area contributed by atoms with Crippen LogP contribution in [-0.2, 0) is 20.2 Å². The van der Waals surface area contributed by atoms with Crippen LogP contribution in [0.2, 0.25) is 0 Å². The molecule has 0 atom stereocenters. The van der Waals surface area contributed by atoms with Gasteiger partial charge in [0.05, 0.1) is 5.39 Å². The van der Waals surface area contributed by atoms with Crippen LogP contribution in [0.1, 0.15) is 16.9 Å². The first-order valence-electron chi connectivity index (χ1n) is 11.9. The van der Waals surface area contributed by atoms with Gasteiger partial charge in [0.2, 0.25) is 0 Å². The lowest BCUT2D eigenvalue weighted by atomic mass is 10.1. The highest BCUT2D eigenvalue weighted by Crippen LogP contribution is 2.35. The molecule has 0 spiro atoms. The van der Waals surface area contributed by atoms with Gasteiger partial charge in [-0.15, -0.1) is 11.3 Å². The number of nitrogens with zero attached hydrogens (tertiary/aromatic N) is 3. The van der Waals surface area contributed by atoms with Crippen molar-refractivity contribution < 1.29 is 4.74 Å². The number of thiophene rings is 1. The maximum atomic E-state index is 13.0. The average molecular weight is 474 g/mol. The Hall–Kier alpha value is -2.93. The van der Waals surface area contributed by atoms with Crippen LogP contribution in [0.4, 0.5) is 0 Å². The van der Waals surface area contributed by atoms with Gasteiger partial charge in [0.15, 0.2) is 0 Å². The van der Waals surface area contributed by atoms with Gasteiger partial charge in [0.25, 0.3) is 5.56 Å². The zero-order valence-corrected chi connectivity index (χ0v) is 20.7. The predicted octanol–water partition coefficient (Wildman–Crippen LogP) is 4.98. The van der Waals surface area contributed by atoms with Crippen LogP contribution >= 0.6 is 11.3 Å². The summed E-state index contributed by atoms with van der Waals surface area (Å²) in [6, 6.07) is 20.5. The van der Waals surface area contributed by atoms with E-state index in [0.29, 0.717) is 6.61 Å². The van der Waals surface area contributed by atoms with E-state index in [-0.39, 0.29) is 5.56 Å². The van der Waals surface area contributed by atoms with Gasteiger partial charge in [0.1, 0.15) is 12.4 Å². The first-order valence-corrected chi connectivity index (χ1v) is 12.7. The molecule has 0 unspecified atom stereocenters. The molecule has 0 N–H and O–H groups in total. The third-order valence-corrected chi connectivity index (χ3v) is 7.64. The molecule has 0 amide bonds. The second kappa shape index (κ2) is 10.1. The molecular formula is C28H31N3O2S. The molecule has 0 saturated carbocycles. The number of fused-ring (bicyclic) bond motifs is 1. The summed E-state index contributed by atoms with van der Waals surface area (Å²) in [7, 11) is 4.03. The van der Waals surface area contributed by atoms with E-state index in [1.54, 1.807) is 15.9 Å². The maximum absolute atomic E-state index is 13.0. The molecule has 3 heterocycles. The summed E-state index contributed by atoms with van der Waals surface area (Å²) in [5, 5.41) is 0.808. The standard InChI is InChI=1S/C28H31N3O2S/c1-29-12-7-13-31(15-14-29)18-24-17-25-27(34-24)26(19-30(2)28(25)32)22-10-6-11-23(16-22)33-20-21-8-4-3-5-9-21/h3-6,8-11,16-17,19H,7,12-15,18,20H2,1-2H3. The quantitative estimate of drug-likeness (QED) is 0.396. The van der Waals surface area contributed by atoms with Crippen LogP contribution in [0.3, 0.4) is 0 Å². The highest BCUT2D eigenvalue weighted by atomic mass is 32.1. The Balaban J connectivity index is 1.44. The Morgan fingerprint density at radius 2 is 1.79 bits per heavy atom. The molecule has 0 bridgehead atoms. The van der Waals surface area contributed by atoms with Crippen LogP contribution in [0.15, 0.2) is 71.7 Å². The maximum Gasteiger partial charge on any atom is 0.259 e. The molecule has 6 heteroatoms. The van der Waals surface area contributed by atoms with Crippen molar-refractivity contribution in [2.24, 2.45) is 7.05 Å². The van der Waals surface area contributed by atoms with E-state index in [0.717, 1.165) is 65.2 Å². The molecule has 1 aliphatic heterocycles. The number of aromatic nitrogens is 1. The minimum Gasteiger partial charge on any atom is -0.489 e. The zero-order chi connectivity index (χ0) is 23.5. The normalized spacial score (nSPS) is 15.5. The van der Waals surface area contributed by atoms with Crippen LogP contribution in [0, 0.1) is 0 Å². The molecule has 1 aliphatic rings. The fraction of sp³-hybridized carbons (Fsp3) is 0.321. The Morgan fingerprint density at radius 1 is 0.941 bits per heavy atom. The number of aryl methyl sites for hydroxylation is 1. The molecule has 176 valence electrons. The van der Waals surface area contributed by atoms with E-state index in [2.05, 4.69) is 47.2 Å². The summed E-state index contributed by atoms with van der Waals surface area (Å²) in [5.41, 5.74) is 3.35. The van der Waals surface area contributed by atoms with Gasteiger partial charge in [0, 0.05) is 48.0 Å². The molecule has 1 saturated heterocycles. The number of rotatable bonds is 6. The van der Waals surface area contributed by atoms with E-state index in [4.69, 9.17) is 4.74 Å². The molecule has 4 aromatic rings. The second-order valence-electron chi connectivity index (χ2n) is 9.15. The number of ether oxygens (including phenoxy) is 1. The smallest absolute Gasteiger partial charge is 0.259 e. The lowest BCUT2D eigenvalue weighted by Gasteiger charge is -2.18. The summed E-state index contributed by atoms with van der Waals surface area (Å²) < 4.78 is 8.83. The minimum absolute atomic E-state index is 0.0633. The van der Waals surface area contributed by atoms with E-state index >= 15 is 0 Å². The Kier molecular flexibility index (Phi) is 6.81. The fourth-order valence-corrected chi connectivity index (χ4v) is 5.78. The number of hydrogen-bond donors (Lipinski definition) is 0. The fourth-order valence-electron chi connectivity index (χ4n) is 4.56. The third kappa shape index (κ3) is 5.09. The van der Waals surface area contributed by atoms with Crippen LogP contribution in [-0.4, -0.2) is 47.6 Å². The van der Waals surface area contributed by atoms with Gasteiger partial charge in [-0.25, -0.2) is 0 Å². The van der Waals surface area contributed by atoms with Crippen molar-refractivity contribution in [2.45, 2.75) is 19.6 Å². The average Bonchev–Trinajstić information content (AvgIpc) is 3.17. The molecule has 34 heavy (non-hydrogen) atoms. The van der Waals surface area contributed by atoms with Crippen LogP contribution < -0.4 is 10.3 Å². The van der Waals surface area contributed by atoms with Crippen molar-refractivity contribution >= 4 is 21.4 Å². The van der Waals surface area contributed by atoms with Crippen molar-refractivity contribution in [3.63, 3.8) is 0 Å². The number of pyridine rings is 1. The number of likely N-dealkylation sites (N-methyl/N-ethyl adjacent to an activating group) is 1. The molecule has 5 nitrogen and oxygen atoms in total. The van der Waals surface area contributed by atoms with E-state index in [1.807, 2.05) is 43.6 Å². The van der Waals surface area contributed by atoms with Gasteiger partial charge >= 0.3 is 0 Å². The zero-order valence-electron chi connectivity index (χ0n) is 19.9. The Labute approximate surface area is 204 Å². The topological polar surface area (TPSA) is 37.7 Å². The third-order valence-electron chi connectivity index (χ3n) is 6.49. The predicted molar refractivity (Wildman–Crippen MR) is 141 cm³/mol. The number of hydrogen-bond acceptors (Lipinski definition) is 5. The minimum atomic E-state index is 0.0633. The van der Waals surface area contributed by atoms with Crippen molar-refractivity contribution in [1.82, 2.24) is 14.4 Å². The SMILES string of the molecule is CN1CCCN(Cc2cc3c(=O)n(C)cc(-c4cccc(OCc5ccccc5)c4)c3s2)CC1. The summed E-state index contributed by atoms with van der Waals surface area (Å²) in [5.74, 6) is 0.828.